The number of halogens is 2. The average Bonchev–Trinajstić information content (AvgIpc) is 2.84. The van der Waals surface area contributed by atoms with E-state index in [1.165, 1.54) is 26.6 Å². The Morgan fingerprint density at radius 2 is 1.74 bits per heavy atom. The van der Waals surface area contributed by atoms with Crippen molar-refractivity contribution in [3.05, 3.63) is 75.8 Å². The zero-order valence-electron chi connectivity index (χ0n) is 18.6. The summed E-state index contributed by atoms with van der Waals surface area (Å²) in [5.41, 5.74) is 1.64. The lowest BCUT2D eigenvalue weighted by atomic mass is 10.0. The monoisotopic (exact) mass is 503 g/mol. The van der Waals surface area contributed by atoms with E-state index in [-0.39, 0.29) is 51.8 Å². The number of hydrogen-bond donors (Lipinski definition) is 1. The van der Waals surface area contributed by atoms with Crippen LogP contribution >= 0.6 is 23.2 Å². The maximum absolute atomic E-state index is 13.2. The minimum absolute atomic E-state index is 0.0931. The van der Waals surface area contributed by atoms with Crippen LogP contribution in [0, 0.1) is 0 Å². The van der Waals surface area contributed by atoms with Crippen molar-refractivity contribution < 1.29 is 23.8 Å². The van der Waals surface area contributed by atoms with Crippen molar-refractivity contribution in [3.8, 4) is 17.2 Å². The van der Waals surface area contributed by atoms with Crippen LogP contribution in [0.2, 0.25) is 10.0 Å². The third-order valence-electron chi connectivity index (χ3n) is 4.90. The minimum atomic E-state index is -0.354. The maximum Gasteiger partial charge on any atom is 0.257 e. The molecule has 0 radical (unpaired) electrons. The van der Waals surface area contributed by atoms with Crippen LogP contribution in [-0.2, 0) is 17.6 Å². The van der Waals surface area contributed by atoms with Crippen molar-refractivity contribution in [1.29, 1.82) is 0 Å². The van der Waals surface area contributed by atoms with Crippen molar-refractivity contribution in [2.75, 3.05) is 27.4 Å². The normalized spacial score (nSPS) is 10.5. The molecule has 0 aliphatic heterocycles. The van der Waals surface area contributed by atoms with Gasteiger partial charge in [0.15, 0.2) is 23.9 Å². The zero-order valence-corrected chi connectivity index (χ0v) is 20.2. The third kappa shape index (κ3) is 6.36. The van der Waals surface area contributed by atoms with E-state index in [9.17, 15) is 9.59 Å². The van der Waals surface area contributed by atoms with Crippen LogP contribution in [0.5, 0.6) is 17.2 Å². The molecule has 0 fully saturated rings. The van der Waals surface area contributed by atoms with E-state index in [1.807, 2.05) is 12.1 Å². The van der Waals surface area contributed by atoms with E-state index >= 15 is 0 Å². The summed E-state index contributed by atoms with van der Waals surface area (Å²) in [6.45, 7) is 0.0849. The molecule has 2 heterocycles. The van der Waals surface area contributed by atoms with Crippen molar-refractivity contribution in [2.24, 2.45) is 0 Å². The Labute approximate surface area is 207 Å². The molecule has 0 bridgehead atoms. The zero-order chi connectivity index (χ0) is 24.5. The lowest BCUT2D eigenvalue weighted by molar-refractivity contribution is -0.123. The summed E-state index contributed by atoms with van der Waals surface area (Å²) >= 11 is 12.3. The molecule has 1 aromatic carbocycles. The highest BCUT2D eigenvalue weighted by atomic mass is 35.5. The average molecular weight is 504 g/mol. The molecule has 8 nitrogen and oxygen atoms in total. The largest absolute Gasteiger partial charge is 0.493 e. The Hall–Kier alpha value is -3.36. The first kappa shape index (κ1) is 25.3. The molecule has 1 N–H and O–H groups in total. The second-order valence-electron chi connectivity index (χ2n) is 7.11. The SMILES string of the molecule is COc1ccc(C(=O)Cc2c(Cl)cncc2Cl)c(OCC(=O)NCCc2cccnc2)c1OC. The van der Waals surface area contributed by atoms with Gasteiger partial charge in [0, 0.05) is 43.3 Å². The first-order chi connectivity index (χ1) is 16.4. The number of carbonyl (C=O) groups is 2. The second-order valence-corrected chi connectivity index (χ2v) is 7.92. The van der Waals surface area contributed by atoms with Crippen LogP contribution in [0.15, 0.2) is 49.1 Å². The highest BCUT2D eigenvalue weighted by molar-refractivity contribution is 6.36. The molecule has 0 unspecified atom stereocenters. The van der Waals surface area contributed by atoms with Crippen molar-refractivity contribution >= 4 is 34.9 Å². The summed E-state index contributed by atoms with van der Waals surface area (Å²) in [6.07, 6.45) is 6.79. The molecule has 3 aromatic rings. The number of carbonyl (C=O) groups excluding carboxylic acids is 2. The molecule has 0 saturated carbocycles. The van der Waals surface area contributed by atoms with E-state index < -0.39 is 0 Å². The van der Waals surface area contributed by atoms with Crippen LogP contribution in [0.4, 0.5) is 0 Å². The van der Waals surface area contributed by atoms with Gasteiger partial charge in [-0.1, -0.05) is 29.3 Å². The second kappa shape index (κ2) is 12.2. The van der Waals surface area contributed by atoms with Crippen LogP contribution in [0.25, 0.3) is 0 Å². The maximum atomic E-state index is 13.2. The Morgan fingerprint density at radius 1 is 0.971 bits per heavy atom. The van der Waals surface area contributed by atoms with Gasteiger partial charge in [-0.15, -0.1) is 0 Å². The highest BCUT2D eigenvalue weighted by Crippen LogP contribution is 2.40. The molecule has 3 rings (SSSR count). The van der Waals surface area contributed by atoms with Gasteiger partial charge in [0.05, 0.1) is 29.8 Å². The summed E-state index contributed by atoms with van der Waals surface area (Å²) < 4.78 is 16.5. The van der Waals surface area contributed by atoms with Gasteiger partial charge in [0.1, 0.15) is 0 Å². The fourth-order valence-corrected chi connectivity index (χ4v) is 3.70. The van der Waals surface area contributed by atoms with Gasteiger partial charge in [-0.25, -0.2) is 0 Å². The van der Waals surface area contributed by atoms with Gasteiger partial charge in [-0.2, -0.15) is 0 Å². The van der Waals surface area contributed by atoms with Crippen molar-refractivity contribution in [1.82, 2.24) is 15.3 Å². The Morgan fingerprint density at radius 3 is 2.38 bits per heavy atom. The molecule has 2 aromatic heterocycles. The number of ether oxygens (including phenoxy) is 3. The number of Topliss-reactive ketones (excluding diaryl/α,β-unsaturated/α-hetero) is 1. The Balaban J connectivity index is 1.75. The molecule has 0 spiro atoms. The topological polar surface area (TPSA) is 99.6 Å². The van der Waals surface area contributed by atoms with Crippen molar-refractivity contribution in [2.45, 2.75) is 12.8 Å². The number of ketones is 1. The molecule has 1 amide bonds. The predicted molar refractivity (Wildman–Crippen MR) is 128 cm³/mol. The molecule has 34 heavy (non-hydrogen) atoms. The van der Waals surface area contributed by atoms with Crippen LogP contribution in [-0.4, -0.2) is 49.0 Å². The Bertz CT molecular complexity index is 1140. The molecular formula is C24H23Cl2N3O5. The highest BCUT2D eigenvalue weighted by Gasteiger charge is 2.23. The van der Waals surface area contributed by atoms with Crippen LogP contribution in [0.1, 0.15) is 21.5 Å². The number of aromatic nitrogens is 2. The summed E-state index contributed by atoms with van der Waals surface area (Å²) in [4.78, 5) is 33.5. The summed E-state index contributed by atoms with van der Waals surface area (Å²) in [7, 11) is 2.88. The predicted octanol–water partition coefficient (Wildman–Crippen LogP) is 3.96. The number of nitrogens with one attached hydrogen (secondary N) is 1. The number of amides is 1. The third-order valence-corrected chi connectivity index (χ3v) is 5.55. The summed E-state index contributed by atoms with van der Waals surface area (Å²) in [5, 5.41) is 3.33. The first-order valence-electron chi connectivity index (χ1n) is 10.3. The molecule has 0 aliphatic carbocycles. The van der Waals surface area contributed by atoms with E-state index in [2.05, 4.69) is 15.3 Å². The lowest BCUT2D eigenvalue weighted by Crippen LogP contribution is -2.31. The van der Waals surface area contributed by atoms with Gasteiger partial charge in [-0.05, 0) is 30.2 Å². The molecule has 10 heteroatoms. The molecular weight excluding hydrogens is 481 g/mol. The minimum Gasteiger partial charge on any atom is -0.493 e. The number of hydrogen-bond acceptors (Lipinski definition) is 7. The van der Waals surface area contributed by atoms with Gasteiger partial charge in [-0.3, -0.25) is 19.6 Å². The first-order valence-corrected chi connectivity index (χ1v) is 11.0. The van der Waals surface area contributed by atoms with E-state index in [0.29, 0.717) is 24.3 Å². The smallest absolute Gasteiger partial charge is 0.257 e. The number of nitrogens with zero attached hydrogens (tertiary/aromatic N) is 2. The van der Waals surface area contributed by atoms with Gasteiger partial charge < -0.3 is 19.5 Å². The molecule has 0 aliphatic rings. The van der Waals surface area contributed by atoms with E-state index in [0.717, 1.165) is 5.56 Å². The summed E-state index contributed by atoms with van der Waals surface area (Å²) in [6, 6.07) is 6.89. The Kier molecular flexibility index (Phi) is 9.07. The number of rotatable bonds is 11. The van der Waals surface area contributed by atoms with Gasteiger partial charge in [0.25, 0.3) is 5.91 Å². The van der Waals surface area contributed by atoms with Gasteiger partial charge in [0.2, 0.25) is 5.75 Å². The fraction of sp³-hybridized carbons (Fsp3) is 0.250. The van der Waals surface area contributed by atoms with E-state index in [1.54, 1.807) is 24.5 Å². The van der Waals surface area contributed by atoms with Crippen molar-refractivity contribution in [3.63, 3.8) is 0 Å². The van der Waals surface area contributed by atoms with Crippen LogP contribution < -0.4 is 19.5 Å². The summed E-state index contributed by atoms with van der Waals surface area (Å²) in [5.74, 6) is -0.0414. The number of benzene rings is 1. The standard InChI is InChI=1S/C24H23Cl2N3O5/c1-32-21-6-5-16(20(30)10-17-18(25)12-28-13-19(17)26)23(24(21)33-2)34-14-22(31)29-9-7-15-4-3-8-27-11-15/h3-6,8,11-13H,7,9-10,14H2,1-2H3,(H,29,31). The molecule has 0 saturated heterocycles. The molecule has 178 valence electrons. The van der Waals surface area contributed by atoms with Gasteiger partial charge >= 0.3 is 0 Å². The quantitative estimate of drug-likeness (QED) is 0.395. The number of methoxy groups -OCH3 is 2. The van der Waals surface area contributed by atoms with E-state index in [4.69, 9.17) is 37.4 Å². The lowest BCUT2D eigenvalue weighted by Gasteiger charge is -2.17. The van der Waals surface area contributed by atoms with Crippen LogP contribution in [0.3, 0.4) is 0 Å². The fourth-order valence-electron chi connectivity index (χ4n) is 3.21. The molecule has 0 atom stereocenters. The number of pyridine rings is 2.